The topological polar surface area (TPSA) is 108 Å². The molecule has 0 aliphatic carbocycles. The van der Waals surface area contributed by atoms with E-state index in [0.29, 0.717) is 5.56 Å². The quantitative estimate of drug-likeness (QED) is 0.332. The van der Waals surface area contributed by atoms with E-state index in [0.717, 1.165) is 32.8 Å². The van der Waals surface area contributed by atoms with Crippen molar-refractivity contribution in [1.29, 1.82) is 0 Å². The van der Waals surface area contributed by atoms with Crippen LogP contribution in [-0.2, 0) is 0 Å². The lowest BCUT2D eigenvalue weighted by atomic mass is 10.1. The third-order valence-corrected chi connectivity index (χ3v) is 5.92. The van der Waals surface area contributed by atoms with Gasteiger partial charge in [-0.1, -0.05) is 13.0 Å². The summed E-state index contributed by atoms with van der Waals surface area (Å²) in [5.74, 6) is 1.76. The molecule has 0 saturated heterocycles. The van der Waals surface area contributed by atoms with Gasteiger partial charge in [-0.15, -0.1) is 11.3 Å². The first-order valence-electron chi connectivity index (χ1n) is 10.4. The number of phenolic OH excluding ortho intramolecular Hbond substituents is 1. The summed E-state index contributed by atoms with van der Waals surface area (Å²) >= 11 is 1.56. The molecule has 0 aliphatic rings. The van der Waals surface area contributed by atoms with Crippen molar-refractivity contribution in [2.24, 2.45) is 0 Å². The lowest BCUT2D eigenvalue weighted by Crippen LogP contribution is -1.97. The molecular weight excluding hydrogens is 436 g/mol. The van der Waals surface area contributed by atoms with Gasteiger partial charge < -0.3 is 15.5 Å². The van der Waals surface area contributed by atoms with Gasteiger partial charge in [0.25, 0.3) is 0 Å². The van der Waals surface area contributed by atoms with Crippen LogP contribution in [0.25, 0.3) is 10.6 Å². The predicted octanol–water partition coefficient (Wildman–Crippen LogP) is 5.34. The molecule has 0 spiro atoms. The number of aliphatic hydroxyl groups is 1. The smallest absolute Gasteiger partial charge is 0.159 e. The number of phenols is 1. The van der Waals surface area contributed by atoms with E-state index in [1.807, 2.05) is 50.4 Å². The van der Waals surface area contributed by atoms with Gasteiger partial charge in [0.1, 0.15) is 17.4 Å². The zero-order valence-corrected chi connectivity index (χ0v) is 19.5. The van der Waals surface area contributed by atoms with Crippen molar-refractivity contribution in [2.75, 3.05) is 11.9 Å². The zero-order valence-electron chi connectivity index (χ0n) is 18.7. The first-order valence-corrected chi connectivity index (χ1v) is 11.2. The minimum atomic E-state index is 0.0139. The molecule has 1 aromatic carbocycles. The largest absolute Gasteiger partial charge is 0.508 e. The normalized spacial score (nSPS) is 11.3. The fourth-order valence-electron chi connectivity index (χ4n) is 2.79. The molecule has 3 heterocycles. The third kappa shape index (κ3) is 6.93. The summed E-state index contributed by atoms with van der Waals surface area (Å²) in [6.07, 6.45) is 3.58. The van der Waals surface area contributed by atoms with Gasteiger partial charge in [0, 0.05) is 23.9 Å². The van der Waals surface area contributed by atoms with Crippen LogP contribution >= 0.6 is 11.3 Å². The highest BCUT2D eigenvalue weighted by molar-refractivity contribution is 7.15. The molecule has 4 aromatic rings. The van der Waals surface area contributed by atoms with Crippen molar-refractivity contribution >= 4 is 28.8 Å². The van der Waals surface area contributed by atoms with E-state index in [9.17, 15) is 9.90 Å². The number of thiazole rings is 1. The lowest BCUT2D eigenvalue weighted by Gasteiger charge is -2.06. The molecule has 8 heteroatoms. The average Bonchev–Trinajstić information content (AvgIpc) is 3.30. The minimum Gasteiger partial charge on any atom is -0.508 e. The Balaban J connectivity index is 0.000000257. The molecule has 3 aromatic heterocycles. The van der Waals surface area contributed by atoms with Gasteiger partial charge in [-0.05, 0) is 67.9 Å². The van der Waals surface area contributed by atoms with E-state index in [2.05, 4.69) is 20.3 Å². The van der Waals surface area contributed by atoms with Gasteiger partial charge >= 0.3 is 0 Å². The Labute approximate surface area is 196 Å². The molecule has 7 nitrogen and oxygen atoms in total. The summed E-state index contributed by atoms with van der Waals surface area (Å²) < 4.78 is 0. The van der Waals surface area contributed by atoms with E-state index in [1.54, 1.807) is 29.7 Å². The fourth-order valence-corrected chi connectivity index (χ4v) is 3.72. The van der Waals surface area contributed by atoms with Crippen LogP contribution in [0.15, 0.2) is 67.0 Å². The van der Waals surface area contributed by atoms with Gasteiger partial charge in [0.15, 0.2) is 5.78 Å². The number of pyridine rings is 2. The minimum absolute atomic E-state index is 0.0139. The summed E-state index contributed by atoms with van der Waals surface area (Å²) in [7, 11) is 0. The number of ketones is 1. The number of aromatic hydroxyl groups is 1. The third-order valence-electron chi connectivity index (χ3n) is 4.67. The number of carbonyl (C=O) groups is 1. The Morgan fingerprint density at radius 3 is 2.52 bits per heavy atom. The first kappa shape index (κ1) is 24.0. The van der Waals surface area contributed by atoms with Crippen LogP contribution in [0.4, 0.5) is 11.6 Å². The second-order valence-corrected chi connectivity index (χ2v) is 8.56. The standard InChI is InChI=1S/C17H18N4OS.C8H8O2/c1-11-6-7-18-16(8-11)21-15-5-3-4-13(20-15)14-9-19-17(23-14)12(2)10-22;1-6(9)7-2-4-8(10)5-3-7/h3-9,12,22H,10H2,1-2H3,(H,18,20,21);2-5,10H,1H3. The van der Waals surface area contributed by atoms with Crippen molar-refractivity contribution < 1.29 is 15.0 Å². The summed E-state index contributed by atoms with van der Waals surface area (Å²) in [5, 5.41) is 22.2. The Kier molecular flexibility index (Phi) is 8.23. The van der Waals surface area contributed by atoms with Crippen LogP contribution in [0.1, 0.15) is 40.7 Å². The average molecular weight is 463 g/mol. The fraction of sp³-hybridized carbons (Fsp3) is 0.200. The molecule has 0 radical (unpaired) electrons. The number of rotatable bonds is 6. The zero-order chi connectivity index (χ0) is 23.8. The SMILES string of the molecule is CC(=O)c1ccc(O)cc1.Cc1ccnc(Nc2cccc(-c3cnc(C(C)CO)s3)n2)c1. The van der Waals surface area contributed by atoms with Crippen LogP contribution < -0.4 is 5.32 Å². The number of nitrogens with one attached hydrogen (secondary N) is 1. The number of benzene rings is 1. The molecule has 1 atom stereocenters. The molecule has 1 unspecified atom stereocenters. The Morgan fingerprint density at radius 2 is 1.85 bits per heavy atom. The van der Waals surface area contributed by atoms with E-state index in [1.165, 1.54) is 19.1 Å². The Bertz CT molecular complexity index is 1210. The van der Waals surface area contributed by atoms with E-state index >= 15 is 0 Å². The molecule has 4 rings (SSSR count). The molecule has 0 bridgehead atoms. The lowest BCUT2D eigenvalue weighted by molar-refractivity contribution is 0.101. The molecule has 0 fully saturated rings. The van der Waals surface area contributed by atoms with Gasteiger partial charge in [-0.25, -0.2) is 15.0 Å². The monoisotopic (exact) mass is 462 g/mol. The number of aliphatic hydroxyl groups excluding tert-OH is 1. The number of Topliss-reactive ketones (excluding diaryl/α,β-unsaturated/α-hetero) is 1. The van der Waals surface area contributed by atoms with Crippen molar-refractivity contribution in [3.63, 3.8) is 0 Å². The number of carbonyl (C=O) groups excluding carboxylic acids is 1. The van der Waals surface area contributed by atoms with E-state index in [4.69, 9.17) is 5.11 Å². The van der Waals surface area contributed by atoms with Crippen molar-refractivity contribution in [3.05, 3.63) is 83.1 Å². The van der Waals surface area contributed by atoms with Crippen LogP contribution in [0, 0.1) is 6.92 Å². The van der Waals surface area contributed by atoms with Crippen LogP contribution in [0.2, 0.25) is 0 Å². The van der Waals surface area contributed by atoms with Crippen molar-refractivity contribution in [2.45, 2.75) is 26.7 Å². The summed E-state index contributed by atoms with van der Waals surface area (Å²) in [5.41, 5.74) is 2.62. The number of hydrogen-bond donors (Lipinski definition) is 3. The van der Waals surface area contributed by atoms with Gasteiger partial charge in [-0.3, -0.25) is 4.79 Å². The maximum Gasteiger partial charge on any atom is 0.159 e. The molecule has 33 heavy (non-hydrogen) atoms. The number of hydrogen-bond acceptors (Lipinski definition) is 8. The van der Waals surface area contributed by atoms with E-state index in [-0.39, 0.29) is 24.1 Å². The second kappa shape index (κ2) is 11.3. The highest BCUT2D eigenvalue weighted by Crippen LogP contribution is 2.29. The molecule has 0 aliphatic heterocycles. The van der Waals surface area contributed by atoms with Gasteiger partial charge in [0.05, 0.1) is 22.2 Å². The summed E-state index contributed by atoms with van der Waals surface area (Å²) in [6, 6.07) is 15.9. The first-order chi connectivity index (χ1) is 15.9. The van der Waals surface area contributed by atoms with Crippen molar-refractivity contribution in [3.8, 4) is 16.3 Å². The molecular formula is C25H26N4O3S. The number of aromatic nitrogens is 3. The number of aryl methyl sites for hydroxylation is 1. The maximum atomic E-state index is 10.7. The Hall–Kier alpha value is -3.62. The van der Waals surface area contributed by atoms with Gasteiger partial charge in [-0.2, -0.15) is 0 Å². The van der Waals surface area contributed by atoms with Gasteiger partial charge in [0.2, 0.25) is 0 Å². The molecule has 170 valence electrons. The van der Waals surface area contributed by atoms with E-state index < -0.39 is 0 Å². The Morgan fingerprint density at radius 1 is 1.09 bits per heavy atom. The van der Waals surface area contributed by atoms with Crippen molar-refractivity contribution in [1.82, 2.24) is 15.0 Å². The number of nitrogens with zero attached hydrogens (tertiary/aromatic N) is 3. The summed E-state index contributed by atoms with van der Waals surface area (Å²) in [4.78, 5) is 24.9. The van der Waals surface area contributed by atoms with Crippen LogP contribution in [0.5, 0.6) is 5.75 Å². The maximum absolute atomic E-state index is 10.7. The highest BCUT2D eigenvalue weighted by Gasteiger charge is 2.11. The summed E-state index contributed by atoms with van der Waals surface area (Å²) in [6.45, 7) is 5.57. The van der Waals surface area contributed by atoms with Crippen LogP contribution in [-0.4, -0.2) is 37.6 Å². The number of anilines is 2. The highest BCUT2D eigenvalue weighted by atomic mass is 32.1. The van der Waals surface area contributed by atoms with Crippen LogP contribution in [0.3, 0.4) is 0 Å². The molecule has 0 amide bonds. The second-order valence-electron chi connectivity index (χ2n) is 7.50. The predicted molar refractivity (Wildman–Crippen MR) is 131 cm³/mol. The molecule has 3 N–H and O–H groups in total. The molecule has 0 saturated carbocycles.